The van der Waals surface area contributed by atoms with Crippen LogP contribution in [0.5, 0.6) is 5.75 Å². The number of carbonyl (C=O) groups excluding carboxylic acids is 1. The van der Waals surface area contributed by atoms with Crippen molar-refractivity contribution >= 4 is 11.7 Å². The molecule has 1 fully saturated rings. The number of amides is 1. The fraction of sp³-hybridized carbons (Fsp3) is 0.421. The molecule has 1 amide bonds. The molecule has 1 aliphatic heterocycles. The maximum absolute atomic E-state index is 12.2. The van der Waals surface area contributed by atoms with Crippen LogP contribution in [0.25, 0.3) is 0 Å². The Labute approximate surface area is 148 Å². The predicted molar refractivity (Wildman–Crippen MR) is 96.6 cm³/mol. The number of nitrogens with one attached hydrogen (secondary N) is 1. The SMILES string of the molecule is O=C(CCCOc1ccccc1)N[C@H]1CCCN(c2cnccn2)C1. The van der Waals surface area contributed by atoms with Gasteiger partial charge in [0.15, 0.2) is 0 Å². The second-order valence-electron chi connectivity index (χ2n) is 6.18. The number of nitrogens with zero attached hydrogens (tertiary/aromatic N) is 3. The predicted octanol–water partition coefficient (Wildman–Crippen LogP) is 2.42. The fourth-order valence-corrected chi connectivity index (χ4v) is 3.00. The van der Waals surface area contributed by atoms with E-state index in [1.807, 2.05) is 30.3 Å². The lowest BCUT2D eigenvalue weighted by atomic mass is 10.1. The highest BCUT2D eigenvalue weighted by atomic mass is 16.5. The molecule has 25 heavy (non-hydrogen) atoms. The number of carbonyl (C=O) groups is 1. The molecule has 132 valence electrons. The molecule has 1 aromatic heterocycles. The molecule has 6 heteroatoms. The number of hydrogen-bond acceptors (Lipinski definition) is 5. The summed E-state index contributed by atoms with van der Waals surface area (Å²) < 4.78 is 5.62. The summed E-state index contributed by atoms with van der Waals surface area (Å²) >= 11 is 0. The van der Waals surface area contributed by atoms with Crippen molar-refractivity contribution in [1.29, 1.82) is 0 Å². The lowest BCUT2D eigenvalue weighted by Crippen LogP contribution is -2.48. The molecule has 1 aliphatic rings. The van der Waals surface area contributed by atoms with Crippen LogP contribution >= 0.6 is 0 Å². The summed E-state index contributed by atoms with van der Waals surface area (Å²) in [5.74, 6) is 1.80. The van der Waals surface area contributed by atoms with Crippen molar-refractivity contribution in [2.75, 3.05) is 24.6 Å². The second-order valence-corrected chi connectivity index (χ2v) is 6.18. The van der Waals surface area contributed by atoms with Gasteiger partial charge in [0.05, 0.1) is 12.8 Å². The number of ether oxygens (including phenoxy) is 1. The van der Waals surface area contributed by atoms with E-state index in [4.69, 9.17) is 4.74 Å². The van der Waals surface area contributed by atoms with Gasteiger partial charge in [-0.1, -0.05) is 18.2 Å². The molecule has 0 bridgehead atoms. The number of para-hydroxylation sites is 1. The van der Waals surface area contributed by atoms with Gasteiger partial charge in [0.25, 0.3) is 0 Å². The van der Waals surface area contributed by atoms with E-state index in [1.165, 1.54) is 0 Å². The zero-order valence-electron chi connectivity index (χ0n) is 14.3. The first-order chi connectivity index (χ1) is 12.3. The second kappa shape index (κ2) is 9.01. The fourth-order valence-electron chi connectivity index (χ4n) is 3.00. The van der Waals surface area contributed by atoms with Crippen LogP contribution < -0.4 is 15.0 Å². The zero-order valence-corrected chi connectivity index (χ0v) is 14.3. The van der Waals surface area contributed by atoms with Crippen molar-refractivity contribution in [2.45, 2.75) is 31.7 Å². The maximum Gasteiger partial charge on any atom is 0.220 e. The van der Waals surface area contributed by atoms with Crippen LogP contribution in [0.4, 0.5) is 5.82 Å². The molecule has 1 atom stereocenters. The van der Waals surface area contributed by atoms with Crippen LogP contribution in [0.2, 0.25) is 0 Å². The third kappa shape index (κ3) is 5.45. The van der Waals surface area contributed by atoms with E-state index in [2.05, 4.69) is 20.2 Å². The Kier molecular flexibility index (Phi) is 6.20. The molecular weight excluding hydrogens is 316 g/mol. The van der Waals surface area contributed by atoms with Crippen molar-refractivity contribution in [2.24, 2.45) is 0 Å². The lowest BCUT2D eigenvalue weighted by Gasteiger charge is -2.33. The molecule has 0 aliphatic carbocycles. The van der Waals surface area contributed by atoms with Gasteiger partial charge >= 0.3 is 0 Å². The molecule has 1 aromatic carbocycles. The molecule has 0 radical (unpaired) electrons. The summed E-state index contributed by atoms with van der Waals surface area (Å²) in [6.07, 6.45) is 8.37. The van der Waals surface area contributed by atoms with E-state index in [0.717, 1.165) is 37.5 Å². The third-order valence-electron chi connectivity index (χ3n) is 4.22. The number of rotatable bonds is 7. The van der Waals surface area contributed by atoms with Gasteiger partial charge in [0.2, 0.25) is 5.91 Å². The molecule has 2 aromatic rings. The minimum Gasteiger partial charge on any atom is -0.494 e. The zero-order chi connectivity index (χ0) is 17.3. The summed E-state index contributed by atoms with van der Waals surface area (Å²) in [6.45, 7) is 2.29. The van der Waals surface area contributed by atoms with Gasteiger partial charge in [-0.25, -0.2) is 4.98 Å². The maximum atomic E-state index is 12.2. The van der Waals surface area contributed by atoms with E-state index >= 15 is 0 Å². The number of aromatic nitrogens is 2. The van der Waals surface area contributed by atoms with Crippen LogP contribution in [0.15, 0.2) is 48.9 Å². The van der Waals surface area contributed by atoms with E-state index in [0.29, 0.717) is 19.4 Å². The largest absolute Gasteiger partial charge is 0.494 e. The average Bonchev–Trinajstić information content (AvgIpc) is 2.67. The van der Waals surface area contributed by atoms with Crippen LogP contribution in [0.1, 0.15) is 25.7 Å². The molecular formula is C19H24N4O2. The van der Waals surface area contributed by atoms with Gasteiger partial charge in [-0.15, -0.1) is 0 Å². The molecule has 6 nitrogen and oxygen atoms in total. The highest BCUT2D eigenvalue weighted by Gasteiger charge is 2.22. The Morgan fingerprint density at radius 1 is 1.28 bits per heavy atom. The normalized spacial score (nSPS) is 17.1. The Bertz CT molecular complexity index is 651. The highest BCUT2D eigenvalue weighted by molar-refractivity contribution is 5.76. The Hall–Kier alpha value is -2.63. The van der Waals surface area contributed by atoms with Gasteiger partial charge in [-0.3, -0.25) is 9.78 Å². The molecule has 0 saturated carbocycles. The van der Waals surface area contributed by atoms with Gasteiger partial charge < -0.3 is 15.0 Å². The van der Waals surface area contributed by atoms with Crippen LogP contribution in [0, 0.1) is 0 Å². The quantitative estimate of drug-likeness (QED) is 0.784. The highest BCUT2D eigenvalue weighted by Crippen LogP contribution is 2.16. The summed E-state index contributed by atoms with van der Waals surface area (Å²) in [6, 6.07) is 9.83. The van der Waals surface area contributed by atoms with Crippen LogP contribution in [-0.4, -0.2) is 41.6 Å². The van der Waals surface area contributed by atoms with Gasteiger partial charge in [0.1, 0.15) is 11.6 Å². The Balaban J connectivity index is 1.37. The summed E-state index contributed by atoms with van der Waals surface area (Å²) in [5, 5.41) is 3.13. The molecule has 0 spiro atoms. The van der Waals surface area contributed by atoms with E-state index < -0.39 is 0 Å². The number of piperidine rings is 1. The lowest BCUT2D eigenvalue weighted by molar-refractivity contribution is -0.122. The first kappa shape index (κ1) is 17.2. The number of hydrogen-bond donors (Lipinski definition) is 1. The smallest absolute Gasteiger partial charge is 0.220 e. The summed E-state index contributed by atoms with van der Waals surface area (Å²) in [5.41, 5.74) is 0. The van der Waals surface area contributed by atoms with Crippen molar-refractivity contribution in [1.82, 2.24) is 15.3 Å². The van der Waals surface area contributed by atoms with Crippen molar-refractivity contribution in [3.63, 3.8) is 0 Å². The molecule has 2 heterocycles. The van der Waals surface area contributed by atoms with Crippen molar-refractivity contribution in [3.05, 3.63) is 48.9 Å². The molecule has 1 saturated heterocycles. The van der Waals surface area contributed by atoms with Gasteiger partial charge in [0, 0.05) is 37.9 Å². The minimum absolute atomic E-state index is 0.0858. The van der Waals surface area contributed by atoms with Crippen molar-refractivity contribution in [3.8, 4) is 5.75 Å². The average molecular weight is 340 g/mol. The van der Waals surface area contributed by atoms with Crippen molar-refractivity contribution < 1.29 is 9.53 Å². The summed E-state index contributed by atoms with van der Waals surface area (Å²) in [4.78, 5) is 22.8. The standard InChI is InChI=1S/C19H24N4O2/c24-19(9-5-13-25-17-7-2-1-3-8-17)22-16-6-4-12-23(15-16)18-14-20-10-11-21-18/h1-3,7-8,10-11,14,16H,4-6,9,12-13,15H2,(H,22,24)/t16-/m0/s1. The number of anilines is 1. The van der Waals surface area contributed by atoms with E-state index in [-0.39, 0.29) is 11.9 Å². The summed E-state index contributed by atoms with van der Waals surface area (Å²) in [7, 11) is 0. The topological polar surface area (TPSA) is 67.3 Å². The molecule has 0 unspecified atom stereocenters. The minimum atomic E-state index is 0.0858. The Morgan fingerprint density at radius 3 is 2.96 bits per heavy atom. The van der Waals surface area contributed by atoms with Gasteiger partial charge in [-0.05, 0) is 31.4 Å². The molecule has 3 rings (SSSR count). The Morgan fingerprint density at radius 2 is 2.16 bits per heavy atom. The molecule has 1 N–H and O–H groups in total. The van der Waals surface area contributed by atoms with E-state index in [9.17, 15) is 4.79 Å². The van der Waals surface area contributed by atoms with E-state index in [1.54, 1.807) is 18.6 Å². The van der Waals surface area contributed by atoms with Crippen LogP contribution in [0.3, 0.4) is 0 Å². The number of benzene rings is 1. The monoisotopic (exact) mass is 340 g/mol. The third-order valence-corrected chi connectivity index (χ3v) is 4.22. The van der Waals surface area contributed by atoms with Gasteiger partial charge in [-0.2, -0.15) is 0 Å². The first-order valence-corrected chi connectivity index (χ1v) is 8.79. The first-order valence-electron chi connectivity index (χ1n) is 8.79. The van der Waals surface area contributed by atoms with Crippen LogP contribution in [-0.2, 0) is 4.79 Å².